The van der Waals surface area contributed by atoms with E-state index in [4.69, 9.17) is 25.8 Å². The third-order valence-electron chi connectivity index (χ3n) is 10.5. The number of carbonyl (C=O) groups is 2. The summed E-state index contributed by atoms with van der Waals surface area (Å²) in [5.41, 5.74) is 1.81. The highest BCUT2D eigenvalue weighted by molar-refractivity contribution is 7.92. The Balaban J connectivity index is 1.47. The molecule has 0 radical (unpaired) electrons. The molecule has 2 bridgehead atoms. The molecule has 0 aromatic heterocycles. The van der Waals surface area contributed by atoms with Gasteiger partial charge in [-0.05, 0) is 105 Å². The van der Waals surface area contributed by atoms with E-state index in [1.54, 1.807) is 39.2 Å². The zero-order chi connectivity index (χ0) is 34.9. The second-order valence-corrected chi connectivity index (χ2v) is 17.1. The predicted octanol–water partition coefficient (Wildman–Crippen LogP) is 7.11. The molecule has 6 rings (SSSR count). The van der Waals surface area contributed by atoms with Crippen LogP contribution in [0.2, 0.25) is 5.02 Å². The van der Waals surface area contributed by atoms with Crippen LogP contribution in [-0.4, -0.2) is 61.1 Å². The summed E-state index contributed by atoms with van der Waals surface area (Å²) in [6, 6.07) is 11.4. The lowest BCUT2D eigenvalue weighted by Gasteiger charge is -2.48. The molecule has 0 saturated heterocycles. The number of ether oxygens (including phenoxy) is 3. The van der Waals surface area contributed by atoms with Crippen molar-refractivity contribution in [3.8, 4) is 5.75 Å². The van der Waals surface area contributed by atoms with Gasteiger partial charge in [0.25, 0.3) is 5.91 Å². The van der Waals surface area contributed by atoms with Crippen LogP contribution in [0.25, 0.3) is 0 Å². The number of carbonyl (C=O) groups excluding carboxylic acids is 2. The largest absolute Gasteiger partial charge is 0.491 e. The van der Waals surface area contributed by atoms with E-state index in [0.29, 0.717) is 30.7 Å². The van der Waals surface area contributed by atoms with E-state index in [1.807, 2.05) is 18.2 Å². The Morgan fingerprint density at radius 3 is 2.69 bits per heavy atom. The molecule has 2 saturated carbocycles. The second kappa shape index (κ2) is 14.7. The Kier molecular flexibility index (Phi) is 10.8. The molecule has 2 aromatic rings. The van der Waals surface area contributed by atoms with Crippen molar-refractivity contribution in [2.45, 2.75) is 88.7 Å². The van der Waals surface area contributed by atoms with Crippen molar-refractivity contribution in [2.24, 2.45) is 28.0 Å². The summed E-state index contributed by atoms with van der Waals surface area (Å²) in [5, 5.41) is 0.718. The zero-order valence-electron chi connectivity index (χ0n) is 29.3. The first-order valence-corrected chi connectivity index (χ1v) is 19.6. The van der Waals surface area contributed by atoms with E-state index in [-0.39, 0.29) is 47.7 Å². The summed E-state index contributed by atoms with van der Waals surface area (Å²) in [6.45, 7) is 9.64. The minimum atomic E-state index is -3.72. The minimum absolute atomic E-state index is 0.0427. The molecule has 11 heteroatoms. The number of nitrogens with one attached hydrogen (secondary N) is 1. The van der Waals surface area contributed by atoms with Crippen molar-refractivity contribution >= 4 is 39.0 Å². The van der Waals surface area contributed by atoms with E-state index in [2.05, 4.69) is 40.0 Å². The Bertz CT molecular complexity index is 1710. The molecule has 2 fully saturated rings. The van der Waals surface area contributed by atoms with Crippen LogP contribution in [0.5, 0.6) is 5.75 Å². The van der Waals surface area contributed by atoms with Crippen molar-refractivity contribution in [1.29, 1.82) is 0 Å². The van der Waals surface area contributed by atoms with Crippen LogP contribution in [0.15, 0.2) is 57.8 Å². The van der Waals surface area contributed by atoms with Gasteiger partial charge in [-0.15, -0.1) is 4.36 Å². The quantitative estimate of drug-likeness (QED) is 0.305. The summed E-state index contributed by atoms with van der Waals surface area (Å²) in [5.74, 6) is 0.913. The van der Waals surface area contributed by atoms with Crippen LogP contribution in [0.3, 0.4) is 0 Å². The molecule has 9 nitrogen and oxygen atoms in total. The number of hydrogen-bond acceptors (Lipinski definition) is 7. The molecule has 0 spiro atoms. The van der Waals surface area contributed by atoms with Crippen LogP contribution in [-0.2, 0) is 35.4 Å². The smallest absolute Gasteiger partial charge is 0.287 e. The number of amides is 2. The van der Waals surface area contributed by atoms with Crippen LogP contribution < -0.4 is 14.4 Å². The van der Waals surface area contributed by atoms with Gasteiger partial charge >= 0.3 is 0 Å². The Labute approximate surface area is 296 Å². The van der Waals surface area contributed by atoms with E-state index in [0.717, 1.165) is 49.4 Å². The van der Waals surface area contributed by atoms with Crippen molar-refractivity contribution in [2.75, 3.05) is 38.3 Å². The van der Waals surface area contributed by atoms with Gasteiger partial charge in [0.2, 0.25) is 5.91 Å². The average molecular weight is 712 g/mol. The number of hydrogen-bond donors (Lipinski definition) is 1. The monoisotopic (exact) mass is 711 g/mol. The van der Waals surface area contributed by atoms with E-state index in [9.17, 15) is 13.8 Å². The number of halogens is 1. The third kappa shape index (κ3) is 8.03. The normalized spacial score (nSPS) is 30.5. The summed E-state index contributed by atoms with van der Waals surface area (Å²) >= 11 is 6.46. The summed E-state index contributed by atoms with van der Waals surface area (Å²) < 4.78 is 40.3. The second-order valence-electron chi connectivity index (χ2n) is 14.7. The molecule has 2 aromatic carbocycles. The van der Waals surface area contributed by atoms with Crippen LogP contribution in [0.4, 0.5) is 5.69 Å². The Morgan fingerprint density at radius 2 is 1.98 bits per heavy atom. The lowest BCUT2D eigenvalue weighted by atomic mass is 9.62. The molecule has 2 heterocycles. The van der Waals surface area contributed by atoms with Crippen molar-refractivity contribution in [1.82, 2.24) is 4.72 Å². The molecule has 266 valence electrons. The SMILES string of the molecule is CCCc1cc(Cl)ccc1C1COc2ccc3cc2N(C1)C[C@@H]1CC(C)C1C(OC)/C=C/COC(C)(C)C(=O)N=S3(=O)NC(=O)CC1CC1. The highest BCUT2D eigenvalue weighted by Crippen LogP contribution is 2.46. The molecule has 1 N–H and O–H groups in total. The Morgan fingerprint density at radius 1 is 1.18 bits per heavy atom. The molecule has 5 unspecified atom stereocenters. The maximum absolute atomic E-state index is 14.8. The van der Waals surface area contributed by atoms with Crippen LogP contribution in [0, 0.1) is 23.7 Å². The summed E-state index contributed by atoms with van der Waals surface area (Å²) in [4.78, 5) is 29.4. The van der Waals surface area contributed by atoms with Gasteiger partial charge in [-0.3, -0.25) is 14.3 Å². The highest BCUT2D eigenvalue weighted by atomic mass is 35.5. The zero-order valence-corrected chi connectivity index (χ0v) is 30.9. The predicted molar refractivity (Wildman–Crippen MR) is 192 cm³/mol. The summed E-state index contributed by atoms with van der Waals surface area (Å²) in [7, 11) is -1.98. The van der Waals surface area contributed by atoms with Crippen LogP contribution in [0.1, 0.15) is 76.8 Å². The minimum Gasteiger partial charge on any atom is -0.491 e. The standard InChI is InChI=1S/C38H50ClN3O6S/c1-6-8-26-19-29(39)12-14-31(26)28-22-42-21-27-17-24(2)36(27)34(46-5)9-7-16-48-38(3,4)37(44)41-49(45,40-35(43)18-25-10-11-25)30-13-15-33(47-23-28)32(42)20-30/h7,9,12-15,19-20,24-25,27-28,34,36H,6,8,10-11,16-18,21-23H2,1-5H3,(H,40,41,43,44,45)/b9-7+/t24?,27-,28?,34?,36?,49?/m0/s1. The van der Waals surface area contributed by atoms with Crippen molar-refractivity contribution in [3.05, 3.63) is 64.7 Å². The molecular formula is C38H50ClN3O6S. The first kappa shape index (κ1) is 35.9. The number of anilines is 1. The molecule has 49 heavy (non-hydrogen) atoms. The van der Waals surface area contributed by atoms with Gasteiger partial charge in [0.15, 0.2) is 9.92 Å². The first-order chi connectivity index (χ1) is 23.4. The number of fused-ring (bicyclic) bond motifs is 2. The van der Waals surface area contributed by atoms with E-state index < -0.39 is 21.4 Å². The van der Waals surface area contributed by atoms with Crippen LogP contribution >= 0.6 is 11.6 Å². The lowest BCUT2D eigenvalue weighted by Crippen LogP contribution is -2.49. The van der Waals surface area contributed by atoms with Gasteiger partial charge in [0, 0.05) is 37.6 Å². The molecule has 4 aliphatic rings. The fourth-order valence-electron chi connectivity index (χ4n) is 7.61. The number of rotatable bonds is 7. The molecule has 2 amide bonds. The third-order valence-corrected chi connectivity index (χ3v) is 12.6. The first-order valence-electron chi connectivity index (χ1n) is 17.7. The van der Waals surface area contributed by atoms with Gasteiger partial charge in [0.1, 0.15) is 11.4 Å². The van der Waals surface area contributed by atoms with Gasteiger partial charge in [-0.1, -0.05) is 50.1 Å². The van der Waals surface area contributed by atoms with Gasteiger partial charge in [-0.2, -0.15) is 0 Å². The van der Waals surface area contributed by atoms with E-state index >= 15 is 0 Å². The van der Waals surface area contributed by atoms with Gasteiger partial charge in [-0.25, -0.2) is 4.21 Å². The fraction of sp³-hybridized carbons (Fsp3) is 0.579. The lowest BCUT2D eigenvalue weighted by molar-refractivity contribution is -0.137. The molecule has 2 aliphatic heterocycles. The summed E-state index contributed by atoms with van der Waals surface area (Å²) in [6.07, 6.45) is 8.91. The maximum atomic E-state index is 14.8. The van der Waals surface area contributed by atoms with Crippen molar-refractivity contribution in [3.63, 3.8) is 0 Å². The molecule has 2 aliphatic carbocycles. The molecular weight excluding hydrogens is 662 g/mol. The fourth-order valence-corrected chi connectivity index (χ4v) is 9.44. The van der Waals surface area contributed by atoms with E-state index in [1.165, 1.54) is 11.1 Å². The Hall–Kier alpha value is -2.92. The number of methoxy groups -OCH3 is 1. The number of nitrogens with zero attached hydrogens (tertiary/aromatic N) is 2. The average Bonchev–Trinajstić information content (AvgIpc) is 3.88. The molecule has 6 atom stereocenters. The topological polar surface area (TPSA) is 107 Å². The van der Waals surface area contributed by atoms with Gasteiger partial charge < -0.3 is 19.1 Å². The van der Waals surface area contributed by atoms with Crippen molar-refractivity contribution < 1.29 is 28.0 Å². The van der Waals surface area contributed by atoms with Gasteiger partial charge in [0.05, 0.1) is 29.9 Å². The number of benzene rings is 2. The highest BCUT2D eigenvalue weighted by Gasteiger charge is 2.44. The number of aryl methyl sites for hydroxylation is 1. The maximum Gasteiger partial charge on any atom is 0.287 e.